The number of piperidine rings is 2. The van der Waals surface area contributed by atoms with Gasteiger partial charge in [0.25, 0.3) is 0 Å². The Morgan fingerprint density at radius 3 is 2.65 bits per heavy atom. The van der Waals surface area contributed by atoms with Gasteiger partial charge in [-0.05, 0) is 57.8 Å². The van der Waals surface area contributed by atoms with Crippen molar-refractivity contribution >= 4 is 5.91 Å². The Balaban J connectivity index is 1.72. The normalized spacial score (nSPS) is 25.4. The summed E-state index contributed by atoms with van der Waals surface area (Å²) in [4.78, 5) is 14.9. The van der Waals surface area contributed by atoms with Crippen LogP contribution in [-0.4, -0.2) is 50.1 Å². The summed E-state index contributed by atoms with van der Waals surface area (Å²) in [6.45, 7) is 10.5. The van der Waals surface area contributed by atoms with Crippen molar-refractivity contribution in [2.24, 2.45) is 11.3 Å². The molecule has 2 fully saturated rings. The first-order valence-electron chi connectivity index (χ1n) is 8.32. The molecular formula is C16H31N3O. The molecule has 0 saturated carbocycles. The predicted octanol–water partition coefficient (Wildman–Crippen LogP) is 1.61. The standard InChI is InChI=1S/C16H31N3O/c1-16(2,14-7-6-8-17-13-14)15(20)18-9-12-19-10-4-3-5-11-19/h14,17H,3-13H2,1-2H3,(H,18,20). The quantitative estimate of drug-likeness (QED) is 0.805. The molecule has 2 heterocycles. The van der Waals surface area contributed by atoms with Gasteiger partial charge in [0.2, 0.25) is 5.91 Å². The Morgan fingerprint density at radius 1 is 1.25 bits per heavy atom. The van der Waals surface area contributed by atoms with Crippen LogP contribution >= 0.6 is 0 Å². The number of amides is 1. The summed E-state index contributed by atoms with van der Waals surface area (Å²) < 4.78 is 0. The molecule has 0 spiro atoms. The molecule has 1 unspecified atom stereocenters. The molecule has 20 heavy (non-hydrogen) atoms. The van der Waals surface area contributed by atoms with Gasteiger partial charge in [0.15, 0.2) is 0 Å². The predicted molar refractivity (Wildman–Crippen MR) is 82.7 cm³/mol. The van der Waals surface area contributed by atoms with Crippen molar-refractivity contribution in [2.75, 3.05) is 39.3 Å². The van der Waals surface area contributed by atoms with Crippen LogP contribution in [0.3, 0.4) is 0 Å². The molecule has 2 aliphatic heterocycles. The van der Waals surface area contributed by atoms with Gasteiger partial charge in [0, 0.05) is 18.5 Å². The highest BCUT2D eigenvalue weighted by atomic mass is 16.2. The van der Waals surface area contributed by atoms with E-state index in [-0.39, 0.29) is 11.3 Å². The average Bonchev–Trinajstić information content (AvgIpc) is 2.49. The van der Waals surface area contributed by atoms with E-state index < -0.39 is 0 Å². The third-order valence-corrected chi connectivity index (χ3v) is 5.06. The number of carbonyl (C=O) groups is 1. The van der Waals surface area contributed by atoms with Crippen LogP contribution in [0.1, 0.15) is 46.0 Å². The molecule has 0 aromatic carbocycles. The van der Waals surface area contributed by atoms with Crippen LogP contribution in [0.4, 0.5) is 0 Å². The summed E-state index contributed by atoms with van der Waals surface area (Å²) in [5.41, 5.74) is -0.255. The van der Waals surface area contributed by atoms with Crippen molar-refractivity contribution < 1.29 is 4.79 Å². The molecular weight excluding hydrogens is 250 g/mol. The Labute approximate surface area is 123 Å². The van der Waals surface area contributed by atoms with Crippen LogP contribution in [0, 0.1) is 11.3 Å². The summed E-state index contributed by atoms with van der Waals surface area (Å²) >= 11 is 0. The maximum atomic E-state index is 12.4. The Bertz CT molecular complexity index is 305. The number of hydrogen-bond acceptors (Lipinski definition) is 3. The van der Waals surface area contributed by atoms with E-state index in [2.05, 4.69) is 29.4 Å². The summed E-state index contributed by atoms with van der Waals surface area (Å²) in [5.74, 6) is 0.689. The molecule has 0 bridgehead atoms. The van der Waals surface area contributed by atoms with E-state index in [9.17, 15) is 4.79 Å². The van der Waals surface area contributed by atoms with Crippen molar-refractivity contribution in [3.05, 3.63) is 0 Å². The molecule has 2 saturated heterocycles. The van der Waals surface area contributed by atoms with Crippen molar-refractivity contribution in [3.63, 3.8) is 0 Å². The molecule has 4 heteroatoms. The third-order valence-electron chi connectivity index (χ3n) is 5.06. The van der Waals surface area contributed by atoms with Crippen LogP contribution in [0.2, 0.25) is 0 Å². The second-order valence-corrected chi connectivity index (χ2v) is 6.92. The van der Waals surface area contributed by atoms with Crippen molar-refractivity contribution in [1.82, 2.24) is 15.5 Å². The number of nitrogens with zero attached hydrogens (tertiary/aromatic N) is 1. The summed E-state index contributed by atoms with van der Waals surface area (Å²) in [7, 11) is 0. The van der Waals surface area contributed by atoms with Crippen molar-refractivity contribution in [2.45, 2.75) is 46.0 Å². The largest absolute Gasteiger partial charge is 0.354 e. The minimum absolute atomic E-state index is 0.225. The van der Waals surface area contributed by atoms with Gasteiger partial charge in [-0.1, -0.05) is 20.3 Å². The first kappa shape index (κ1) is 15.8. The van der Waals surface area contributed by atoms with Crippen LogP contribution in [0.15, 0.2) is 0 Å². The lowest BCUT2D eigenvalue weighted by Gasteiger charge is -2.36. The Hall–Kier alpha value is -0.610. The average molecular weight is 281 g/mol. The van der Waals surface area contributed by atoms with Crippen molar-refractivity contribution in [3.8, 4) is 0 Å². The van der Waals surface area contributed by atoms with Gasteiger partial charge in [-0.15, -0.1) is 0 Å². The maximum Gasteiger partial charge on any atom is 0.226 e. The van der Waals surface area contributed by atoms with Crippen molar-refractivity contribution in [1.29, 1.82) is 0 Å². The number of hydrogen-bond donors (Lipinski definition) is 2. The van der Waals surface area contributed by atoms with E-state index in [1.807, 2.05) is 0 Å². The highest BCUT2D eigenvalue weighted by Crippen LogP contribution is 2.31. The van der Waals surface area contributed by atoms with Gasteiger partial charge in [-0.25, -0.2) is 0 Å². The Kier molecular flexibility index (Phi) is 5.85. The first-order valence-corrected chi connectivity index (χ1v) is 8.32. The number of carbonyl (C=O) groups excluding carboxylic acids is 1. The van der Waals surface area contributed by atoms with Gasteiger partial charge in [-0.3, -0.25) is 4.79 Å². The zero-order valence-corrected chi connectivity index (χ0v) is 13.2. The first-order chi connectivity index (χ1) is 9.60. The molecule has 0 aromatic heterocycles. The summed E-state index contributed by atoms with van der Waals surface area (Å²) in [6, 6.07) is 0. The summed E-state index contributed by atoms with van der Waals surface area (Å²) in [6.07, 6.45) is 6.35. The fraction of sp³-hybridized carbons (Fsp3) is 0.938. The van der Waals surface area contributed by atoms with E-state index in [0.717, 1.165) is 26.2 Å². The van der Waals surface area contributed by atoms with Gasteiger partial charge >= 0.3 is 0 Å². The molecule has 2 aliphatic rings. The van der Waals surface area contributed by atoms with E-state index in [0.29, 0.717) is 5.92 Å². The van der Waals surface area contributed by atoms with E-state index in [1.165, 1.54) is 45.2 Å². The van der Waals surface area contributed by atoms with E-state index in [4.69, 9.17) is 0 Å². The molecule has 1 amide bonds. The fourth-order valence-corrected chi connectivity index (χ4v) is 3.39. The minimum Gasteiger partial charge on any atom is -0.354 e. The molecule has 0 aromatic rings. The fourth-order valence-electron chi connectivity index (χ4n) is 3.39. The van der Waals surface area contributed by atoms with Crippen LogP contribution < -0.4 is 10.6 Å². The maximum absolute atomic E-state index is 12.4. The van der Waals surface area contributed by atoms with E-state index in [1.54, 1.807) is 0 Å². The molecule has 116 valence electrons. The van der Waals surface area contributed by atoms with Gasteiger partial charge in [0.05, 0.1) is 0 Å². The van der Waals surface area contributed by atoms with Crippen LogP contribution in [0.5, 0.6) is 0 Å². The molecule has 0 radical (unpaired) electrons. The lowest BCUT2D eigenvalue weighted by Crippen LogP contribution is -2.48. The van der Waals surface area contributed by atoms with Crippen LogP contribution in [0.25, 0.3) is 0 Å². The topological polar surface area (TPSA) is 44.4 Å². The number of likely N-dealkylation sites (tertiary alicyclic amines) is 1. The molecule has 2 N–H and O–H groups in total. The minimum atomic E-state index is -0.255. The highest BCUT2D eigenvalue weighted by Gasteiger charge is 2.36. The lowest BCUT2D eigenvalue weighted by atomic mass is 9.74. The second kappa shape index (κ2) is 7.41. The van der Waals surface area contributed by atoms with Gasteiger partial charge in [0.1, 0.15) is 0 Å². The van der Waals surface area contributed by atoms with Gasteiger partial charge in [-0.2, -0.15) is 0 Å². The monoisotopic (exact) mass is 281 g/mol. The lowest BCUT2D eigenvalue weighted by molar-refractivity contribution is -0.132. The Morgan fingerprint density at radius 2 is 2.00 bits per heavy atom. The number of rotatable bonds is 5. The molecule has 0 aliphatic carbocycles. The molecule has 4 nitrogen and oxygen atoms in total. The molecule has 1 atom stereocenters. The van der Waals surface area contributed by atoms with Crippen LogP contribution in [-0.2, 0) is 4.79 Å². The van der Waals surface area contributed by atoms with Gasteiger partial charge < -0.3 is 15.5 Å². The zero-order valence-electron chi connectivity index (χ0n) is 13.2. The highest BCUT2D eigenvalue weighted by molar-refractivity contribution is 5.82. The SMILES string of the molecule is CC(C)(C(=O)NCCN1CCCCC1)C1CCCNC1. The third kappa shape index (κ3) is 4.19. The number of nitrogens with one attached hydrogen (secondary N) is 2. The second-order valence-electron chi connectivity index (χ2n) is 6.92. The van der Waals surface area contributed by atoms with E-state index >= 15 is 0 Å². The smallest absolute Gasteiger partial charge is 0.226 e. The zero-order chi connectivity index (χ0) is 14.4. The summed E-state index contributed by atoms with van der Waals surface area (Å²) in [5, 5.41) is 6.57. The molecule has 2 rings (SSSR count).